The van der Waals surface area contributed by atoms with Crippen LogP contribution in [-0.2, 0) is 14.6 Å². The van der Waals surface area contributed by atoms with Gasteiger partial charge in [-0.3, -0.25) is 0 Å². The second kappa shape index (κ2) is 7.25. The Kier molecular flexibility index (Phi) is 5.37. The summed E-state index contributed by atoms with van der Waals surface area (Å²) in [5.74, 6) is -1.47. The number of hydrogen-bond acceptors (Lipinski definition) is 3. The molecular formula is C19H19ClF2O3S. The highest BCUT2D eigenvalue weighted by Gasteiger charge is 2.49. The fourth-order valence-corrected chi connectivity index (χ4v) is 5.99. The molecule has 140 valence electrons. The number of hydrogen-bond donors (Lipinski definition) is 1. The van der Waals surface area contributed by atoms with Crippen molar-refractivity contribution in [2.24, 2.45) is 5.92 Å². The topological polar surface area (TPSA) is 54.4 Å². The Morgan fingerprint density at radius 1 is 1.08 bits per heavy atom. The number of aliphatic hydroxyl groups excluding tert-OH is 1. The molecule has 1 saturated carbocycles. The van der Waals surface area contributed by atoms with Gasteiger partial charge in [-0.2, -0.15) is 0 Å². The zero-order chi connectivity index (χ0) is 18.9. The summed E-state index contributed by atoms with van der Waals surface area (Å²) in [5.41, 5.74) is -0.149. The van der Waals surface area contributed by atoms with E-state index in [2.05, 4.69) is 0 Å². The first kappa shape index (κ1) is 19.3. The first-order chi connectivity index (χ1) is 12.3. The third-order valence-electron chi connectivity index (χ3n) is 5.23. The van der Waals surface area contributed by atoms with Crippen LogP contribution in [0.1, 0.15) is 31.2 Å². The highest BCUT2D eigenvalue weighted by molar-refractivity contribution is 7.92. The van der Waals surface area contributed by atoms with Crippen LogP contribution >= 0.6 is 11.6 Å². The molecular weight excluding hydrogens is 382 g/mol. The average molecular weight is 401 g/mol. The molecule has 2 aromatic rings. The first-order valence-electron chi connectivity index (χ1n) is 8.37. The van der Waals surface area contributed by atoms with Crippen molar-refractivity contribution < 1.29 is 22.3 Å². The lowest BCUT2D eigenvalue weighted by Gasteiger charge is -2.39. The molecule has 7 heteroatoms. The van der Waals surface area contributed by atoms with Crippen molar-refractivity contribution in [3.8, 4) is 0 Å². The maximum Gasteiger partial charge on any atom is 0.188 e. The third kappa shape index (κ3) is 3.26. The molecule has 3 rings (SSSR count). The minimum Gasteiger partial charge on any atom is -0.396 e. The number of halogens is 3. The molecule has 1 N–H and O–H groups in total. The lowest BCUT2D eigenvalue weighted by atomic mass is 9.78. The van der Waals surface area contributed by atoms with Crippen LogP contribution in [0.5, 0.6) is 0 Å². The van der Waals surface area contributed by atoms with E-state index in [1.807, 2.05) is 0 Å². The van der Waals surface area contributed by atoms with E-state index < -0.39 is 26.2 Å². The van der Waals surface area contributed by atoms with Crippen molar-refractivity contribution in [1.29, 1.82) is 0 Å². The van der Waals surface area contributed by atoms with E-state index in [-0.39, 0.29) is 35.8 Å². The minimum atomic E-state index is -4.01. The second-order valence-corrected chi connectivity index (χ2v) is 9.40. The van der Waals surface area contributed by atoms with Crippen LogP contribution in [-0.4, -0.2) is 20.1 Å². The van der Waals surface area contributed by atoms with Gasteiger partial charge in [0.1, 0.15) is 16.4 Å². The Hall–Kier alpha value is -1.50. The van der Waals surface area contributed by atoms with Crippen LogP contribution < -0.4 is 0 Å². The number of benzene rings is 2. The second-order valence-electron chi connectivity index (χ2n) is 6.70. The van der Waals surface area contributed by atoms with Crippen molar-refractivity contribution in [1.82, 2.24) is 0 Å². The summed E-state index contributed by atoms with van der Waals surface area (Å²) in [6, 6.07) is 8.60. The molecule has 0 amide bonds. The van der Waals surface area contributed by atoms with E-state index in [0.717, 1.165) is 18.2 Å². The van der Waals surface area contributed by atoms with Crippen molar-refractivity contribution in [3.05, 3.63) is 64.7 Å². The van der Waals surface area contributed by atoms with Gasteiger partial charge in [0.2, 0.25) is 0 Å². The number of aliphatic hydroxyl groups is 1. The fourth-order valence-electron chi connectivity index (χ4n) is 3.70. The summed E-state index contributed by atoms with van der Waals surface area (Å²) >= 11 is 5.85. The van der Waals surface area contributed by atoms with Gasteiger partial charge in [0.25, 0.3) is 0 Å². The molecule has 0 aliphatic heterocycles. The van der Waals surface area contributed by atoms with E-state index >= 15 is 0 Å². The van der Waals surface area contributed by atoms with Gasteiger partial charge in [-0.25, -0.2) is 17.2 Å². The predicted octanol–water partition coefficient (Wildman–Crippen LogP) is 4.47. The summed E-state index contributed by atoms with van der Waals surface area (Å²) in [4.78, 5) is 0.0213. The average Bonchev–Trinajstić information content (AvgIpc) is 2.64. The smallest absolute Gasteiger partial charge is 0.188 e. The molecule has 26 heavy (non-hydrogen) atoms. The SMILES string of the molecule is O=S(=O)(c1ccc(Cl)cc1)[C@]1(c2cc(F)ccc2F)CC[C@H](CO)CC1. The Morgan fingerprint density at radius 2 is 1.69 bits per heavy atom. The molecule has 0 aromatic heterocycles. The minimum absolute atomic E-state index is 0.0213. The van der Waals surface area contributed by atoms with Crippen LogP contribution in [0, 0.1) is 17.6 Å². The van der Waals surface area contributed by atoms with Gasteiger partial charge in [-0.15, -0.1) is 0 Å². The first-order valence-corrected chi connectivity index (χ1v) is 10.2. The van der Waals surface area contributed by atoms with Crippen molar-refractivity contribution in [3.63, 3.8) is 0 Å². The highest BCUT2D eigenvalue weighted by atomic mass is 35.5. The van der Waals surface area contributed by atoms with Crippen LogP contribution in [0.4, 0.5) is 8.78 Å². The van der Waals surface area contributed by atoms with Crippen molar-refractivity contribution in [2.45, 2.75) is 35.3 Å². The Labute approximate surface area is 156 Å². The zero-order valence-corrected chi connectivity index (χ0v) is 15.5. The molecule has 3 nitrogen and oxygen atoms in total. The molecule has 0 bridgehead atoms. The summed E-state index contributed by atoms with van der Waals surface area (Å²) in [6.07, 6.45) is 1.06. The van der Waals surface area contributed by atoms with E-state index in [1.165, 1.54) is 24.3 Å². The Bertz CT molecular complexity index is 890. The maximum atomic E-state index is 14.6. The quantitative estimate of drug-likeness (QED) is 0.823. The Morgan fingerprint density at radius 3 is 2.27 bits per heavy atom. The maximum absolute atomic E-state index is 14.6. The molecule has 0 unspecified atom stereocenters. The standard InChI is InChI=1S/C19H19ClF2O3S/c20-14-1-4-16(5-2-14)26(24,25)19(9-7-13(12-23)8-10-19)17-11-15(21)3-6-18(17)22/h1-6,11,13,23H,7-10,12H2/t13-,19+. The fraction of sp³-hybridized carbons (Fsp3) is 0.368. The van der Waals surface area contributed by atoms with Gasteiger partial charge in [0, 0.05) is 17.2 Å². The zero-order valence-electron chi connectivity index (χ0n) is 14.0. The summed E-state index contributed by atoms with van der Waals surface area (Å²) in [6.45, 7) is -0.0529. The normalized spacial score (nSPS) is 23.8. The van der Waals surface area contributed by atoms with E-state index in [1.54, 1.807) is 0 Å². The lowest BCUT2D eigenvalue weighted by molar-refractivity contribution is 0.172. The van der Waals surface area contributed by atoms with E-state index in [9.17, 15) is 22.3 Å². The van der Waals surface area contributed by atoms with E-state index in [0.29, 0.717) is 17.9 Å². The summed E-state index contributed by atoms with van der Waals surface area (Å²) < 4.78 is 53.8. The molecule has 0 spiro atoms. The van der Waals surface area contributed by atoms with Crippen LogP contribution in [0.25, 0.3) is 0 Å². The summed E-state index contributed by atoms with van der Waals surface area (Å²) in [5, 5.41) is 9.77. The van der Waals surface area contributed by atoms with Gasteiger partial charge >= 0.3 is 0 Å². The Balaban J connectivity index is 2.18. The van der Waals surface area contributed by atoms with Gasteiger partial charge in [0.15, 0.2) is 9.84 Å². The molecule has 0 saturated heterocycles. The van der Waals surface area contributed by atoms with Gasteiger partial charge < -0.3 is 5.11 Å². The monoisotopic (exact) mass is 400 g/mol. The molecule has 0 radical (unpaired) electrons. The van der Waals surface area contributed by atoms with Gasteiger partial charge in [-0.05, 0) is 74.1 Å². The largest absolute Gasteiger partial charge is 0.396 e. The van der Waals surface area contributed by atoms with Crippen LogP contribution in [0.3, 0.4) is 0 Å². The lowest BCUT2D eigenvalue weighted by Crippen LogP contribution is -2.41. The van der Waals surface area contributed by atoms with Gasteiger partial charge in [-0.1, -0.05) is 11.6 Å². The number of rotatable bonds is 4. The molecule has 0 atom stereocenters. The molecule has 1 aliphatic rings. The molecule has 1 aliphatic carbocycles. The molecule has 0 heterocycles. The van der Waals surface area contributed by atoms with Gasteiger partial charge in [0.05, 0.1) is 4.90 Å². The summed E-state index contributed by atoms with van der Waals surface area (Å²) in [7, 11) is -4.01. The van der Waals surface area contributed by atoms with Crippen molar-refractivity contribution >= 4 is 21.4 Å². The highest BCUT2D eigenvalue weighted by Crippen LogP contribution is 2.49. The third-order valence-corrected chi connectivity index (χ3v) is 8.03. The van der Waals surface area contributed by atoms with Crippen molar-refractivity contribution in [2.75, 3.05) is 6.61 Å². The van der Waals surface area contributed by atoms with E-state index in [4.69, 9.17) is 11.6 Å². The predicted molar refractivity (Wildman–Crippen MR) is 95.7 cm³/mol. The molecule has 2 aromatic carbocycles. The van der Waals surface area contributed by atoms with Crippen LogP contribution in [0.15, 0.2) is 47.4 Å². The number of sulfone groups is 1. The molecule has 1 fully saturated rings. The van der Waals surface area contributed by atoms with Crippen LogP contribution in [0.2, 0.25) is 5.02 Å².